The molecule has 4 rings (SSSR count). The minimum absolute atomic E-state index is 0.0975. The molecular formula is C28H40N2O5S2. The molecule has 1 aliphatic carbocycles. The van der Waals surface area contributed by atoms with E-state index in [1.165, 1.54) is 47.4 Å². The Balaban J connectivity index is 1.52. The van der Waals surface area contributed by atoms with Crippen molar-refractivity contribution < 1.29 is 23.8 Å². The molecule has 1 atom stereocenters. The number of amides is 1. The Morgan fingerprint density at radius 2 is 1.73 bits per heavy atom. The van der Waals surface area contributed by atoms with Crippen molar-refractivity contribution in [2.45, 2.75) is 76.7 Å². The van der Waals surface area contributed by atoms with Gasteiger partial charge in [0, 0.05) is 39.1 Å². The summed E-state index contributed by atoms with van der Waals surface area (Å²) in [6, 6.07) is 10.0. The van der Waals surface area contributed by atoms with Gasteiger partial charge in [0.1, 0.15) is 0 Å². The van der Waals surface area contributed by atoms with Crippen LogP contribution in [0.15, 0.2) is 30.3 Å². The third-order valence-electron chi connectivity index (χ3n) is 7.72. The van der Waals surface area contributed by atoms with Crippen molar-refractivity contribution in [1.29, 1.82) is 0 Å². The molecule has 0 bridgehead atoms. The maximum Gasteiger partial charge on any atom is 0.305 e. The maximum atomic E-state index is 12.4. The topological polar surface area (TPSA) is 119 Å². The molecule has 2 fully saturated rings. The van der Waals surface area contributed by atoms with Crippen LogP contribution in [-0.4, -0.2) is 44.1 Å². The van der Waals surface area contributed by atoms with Crippen molar-refractivity contribution in [3.63, 3.8) is 0 Å². The summed E-state index contributed by atoms with van der Waals surface area (Å²) < 4.78 is 20.1. The molecule has 1 aromatic heterocycles. The summed E-state index contributed by atoms with van der Waals surface area (Å²) in [5, 5.41) is 15.2. The van der Waals surface area contributed by atoms with Gasteiger partial charge in [-0.3, -0.25) is 18.7 Å². The smallest absolute Gasteiger partial charge is 0.305 e. The van der Waals surface area contributed by atoms with Crippen molar-refractivity contribution in [2.24, 2.45) is 5.92 Å². The van der Waals surface area contributed by atoms with Crippen LogP contribution in [-0.2, 0) is 11.2 Å². The lowest BCUT2D eigenvalue weighted by atomic mass is 9.80. The summed E-state index contributed by atoms with van der Waals surface area (Å²) in [5.41, 5.74) is 2.86. The van der Waals surface area contributed by atoms with E-state index in [1.54, 1.807) is 12.1 Å². The Morgan fingerprint density at radius 1 is 1.05 bits per heavy atom. The van der Waals surface area contributed by atoms with Crippen LogP contribution in [0, 0.1) is 5.92 Å². The number of carbonyl (C=O) groups excluding carboxylic acids is 1. The number of aryl methyl sites for hydroxylation is 1. The Morgan fingerprint density at radius 3 is 2.35 bits per heavy atom. The van der Waals surface area contributed by atoms with E-state index in [1.807, 2.05) is 23.5 Å². The summed E-state index contributed by atoms with van der Waals surface area (Å²) >= 11 is 1.90. The highest BCUT2D eigenvalue weighted by Gasteiger charge is 2.31. The molecule has 1 saturated heterocycles. The van der Waals surface area contributed by atoms with Crippen LogP contribution in [0.5, 0.6) is 0 Å². The highest BCUT2D eigenvalue weighted by Crippen LogP contribution is 2.50. The van der Waals surface area contributed by atoms with Crippen LogP contribution in [0.1, 0.15) is 95.9 Å². The first-order valence-electron chi connectivity index (χ1n) is 13.5. The van der Waals surface area contributed by atoms with Crippen molar-refractivity contribution in [1.82, 2.24) is 5.32 Å². The Labute approximate surface area is 225 Å². The minimum atomic E-state index is -2.39. The molecular weight excluding hydrogens is 508 g/mol. The number of hydrogen-bond acceptors (Lipinski definition) is 6. The molecule has 0 radical (unpaired) electrons. The van der Waals surface area contributed by atoms with Crippen molar-refractivity contribution in [3.8, 4) is 0 Å². The second kappa shape index (κ2) is 12.7. The SMILES string of the molecule is CCc1sc(C2CCS(O)(O)CC2)cc1C(Nc1ccc(C(=O)NCCC(=O)O)cc1)C1CCCCC1. The van der Waals surface area contributed by atoms with Gasteiger partial charge in [0.2, 0.25) is 0 Å². The number of anilines is 1. The predicted molar refractivity (Wildman–Crippen MR) is 152 cm³/mol. The lowest BCUT2D eigenvalue weighted by Crippen LogP contribution is -2.26. The molecule has 7 nitrogen and oxygen atoms in total. The maximum absolute atomic E-state index is 12.4. The fourth-order valence-electron chi connectivity index (χ4n) is 5.60. The molecule has 37 heavy (non-hydrogen) atoms. The number of aliphatic carboxylic acids is 1. The van der Waals surface area contributed by atoms with E-state index < -0.39 is 16.6 Å². The first-order valence-corrected chi connectivity index (χ1v) is 16.2. The van der Waals surface area contributed by atoms with E-state index in [2.05, 4.69) is 23.6 Å². The van der Waals surface area contributed by atoms with Gasteiger partial charge in [-0.25, -0.2) is 0 Å². The standard InChI is InChI=1S/C28H40N2O5S2/c1-2-24-23(18-25(36-24)19-13-16-37(34,35)17-14-19)27(20-6-4-3-5-7-20)30-22-10-8-21(9-11-22)28(33)29-15-12-26(31)32/h8-11,18-20,27,30,34-35H,2-7,12-17H2,1H3,(H,29,33)(H,31,32). The fourth-order valence-corrected chi connectivity index (χ4v) is 8.45. The van der Waals surface area contributed by atoms with Gasteiger partial charge in [-0.15, -0.1) is 11.3 Å². The van der Waals surface area contributed by atoms with E-state index in [0.717, 1.165) is 24.9 Å². The zero-order valence-electron chi connectivity index (χ0n) is 21.6. The van der Waals surface area contributed by atoms with Crippen LogP contribution >= 0.6 is 21.9 Å². The molecule has 2 aromatic rings. The summed E-state index contributed by atoms with van der Waals surface area (Å²) in [5.74, 6) is 0.751. The number of benzene rings is 1. The highest BCUT2D eigenvalue weighted by molar-refractivity contribution is 8.24. The van der Waals surface area contributed by atoms with Crippen molar-refractivity contribution in [3.05, 3.63) is 51.2 Å². The van der Waals surface area contributed by atoms with Crippen molar-refractivity contribution in [2.75, 3.05) is 23.4 Å². The second-order valence-corrected chi connectivity index (χ2v) is 14.0. The minimum Gasteiger partial charge on any atom is -0.481 e. The van der Waals surface area contributed by atoms with Crippen LogP contribution in [0.4, 0.5) is 5.69 Å². The molecule has 1 unspecified atom stereocenters. The Kier molecular flexibility index (Phi) is 9.56. The molecule has 5 N–H and O–H groups in total. The molecule has 0 spiro atoms. The predicted octanol–water partition coefficient (Wildman–Crippen LogP) is 6.88. The van der Waals surface area contributed by atoms with Crippen LogP contribution in [0.3, 0.4) is 0 Å². The highest BCUT2D eigenvalue weighted by atomic mass is 32.3. The summed E-state index contributed by atoms with van der Waals surface area (Å²) in [7, 11) is -2.39. The largest absolute Gasteiger partial charge is 0.481 e. The zero-order valence-corrected chi connectivity index (χ0v) is 23.2. The van der Waals surface area contributed by atoms with Crippen LogP contribution in [0.2, 0.25) is 0 Å². The third kappa shape index (κ3) is 7.50. The van der Waals surface area contributed by atoms with Gasteiger partial charge < -0.3 is 15.7 Å². The Hall–Kier alpha value is -2.07. The van der Waals surface area contributed by atoms with E-state index in [9.17, 15) is 18.7 Å². The van der Waals surface area contributed by atoms with Crippen molar-refractivity contribution >= 4 is 39.5 Å². The molecule has 1 aromatic carbocycles. The quantitative estimate of drug-likeness (QED) is 0.221. The van der Waals surface area contributed by atoms with Gasteiger partial charge in [-0.05, 0) is 79.8 Å². The number of thiophene rings is 1. The molecule has 204 valence electrons. The van der Waals surface area contributed by atoms with E-state index in [4.69, 9.17) is 5.11 Å². The van der Waals surface area contributed by atoms with Gasteiger partial charge >= 0.3 is 5.97 Å². The number of hydrogen-bond donors (Lipinski definition) is 5. The second-order valence-electron chi connectivity index (χ2n) is 10.4. The van der Waals surface area contributed by atoms with Gasteiger partial charge in [0.15, 0.2) is 0 Å². The summed E-state index contributed by atoms with van der Waals surface area (Å²) in [4.78, 5) is 25.8. The first kappa shape index (κ1) is 28.0. The van der Waals surface area contributed by atoms with E-state index in [-0.39, 0.29) is 24.9 Å². The number of carboxylic acids is 1. The van der Waals surface area contributed by atoms with Gasteiger partial charge in [-0.2, -0.15) is 10.6 Å². The first-order chi connectivity index (χ1) is 17.8. The fraction of sp³-hybridized carbons (Fsp3) is 0.571. The average molecular weight is 549 g/mol. The zero-order chi connectivity index (χ0) is 26.4. The summed E-state index contributed by atoms with van der Waals surface area (Å²) in [6.07, 6.45) is 8.72. The average Bonchev–Trinajstić information content (AvgIpc) is 3.32. The lowest BCUT2D eigenvalue weighted by Gasteiger charge is -2.39. The molecule has 1 amide bonds. The molecule has 1 aliphatic heterocycles. The van der Waals surface area contributed by atoms with Gasteiger partial charge in [0.25, 0.3) is 5.91 Å². The number of nitrogens with one attached hydrogen (secondary N) is 2. The van der Waals surface area contributed by atoms with E-state index in [0.29, 0.717) is 28.9 Å². The van der Waals surface area contributed by atoms with Gasteiger partial charge in [-0.1, -0.05) is 26.2 Å². The number of carboxylic acid groups (broad SMARTS) is 1. The Bertz CT molecular complexity index is 1050. The van der Waals surface area contributed by atoms with Crippen LogP contribution in [0.25, 0.3) is 0 Å². The normalized spacial score (nSPS) is 20.2. The molecule has 2 heterocycles. The molecule has 9 heteroatoms. The molecule has 2 aliphatic rings. The lowest BCUT2D eigenvalue weighted by molar-refractivity contribution is -0.136. The van der Waals surface area contributed by atoms with Crippen LogP contribution < -0.4 is 10.6 Å². The monoisotopic (exact) mass is 548 g/mol. The number of carbonyl (C=O) groups is 2. The summed E-state index contributed by atoms with van der Waals surface area (Å²) in [6.45, 7) is 2.32. The molecule has 1 saturated carbocycles. The number of rotatable bonds is 10. The third-order valence-corrected chi connectivity index (χ3v) is 11.0. The van der Waals surface area contributed by atoms with E-state index >= 15 is 0 Å². The van der Waals surface area contributed by atoms with Gasteiger partial charge in [0.05, 0.1) is 12.5 Å².